The fourth-order valence-corrected chi connectivity index (χ4v) is 8.74. The van der Waals surface area contributed by atoms with E-state index in [0.717, 1.165) is 16.7 Å². The number of carboxylic acid groups (broad SMARTS) is 1. The number of anilines is 1. The first-order chi connectivity index (χ1) is 30.6. The van der Waals surface area contributed by atoms with E-state index in [2.05, 4.69) is 54.1 Å². The molecule has 1 aliphatic heterocycles. The Balaban J connectivity index is 1.35. The molecule has 1 amide bonds. The lowest BCUT2D eigenvalue weighted by atomic mass is 9.80. The number of hydrogen-bond donors (Lipinski definition) is 2. The third-order valence-electron chi connectivity index (χ3n) is 11.9. The number of aliphatic carboxylic acids is 1. The van der Waals surface area contributed by atoms with E-state index < -0.39 is 56.8 Å². The fourth-order valence-electron chi connectivity index (χ4n) is 7.45. The summed E-state index contributed by atoms with van der Waals surface area (Å²) in [6.07, 6.45) is -2.05. The van der Waals surface area contributed by atoms with Crippen molar-refractivity contribution in [1.82, 2.24) is 19.5 Å². The summed E-state index contributed by atoms with van der Waals surface area (Å²) in [6, 6.07) is 33.7. The van der Waals surface area contributed by atoms with Gasteiger partial charge in [0, 0.05) is 5.56 Å². The first kappa shape index (κ1) is 45.6. The van der Waals surface area contributed by atoms with Crippen molar-refractivity contribution in [3.8, 4) is 11.5 Å². The first-order valence-electron chi connectivity index (χ1n) is 20.9. The number of rotatable bonds is 17. The summed E-state index contributed by atoms with van der Waals surface area (Å²) < 4.78 is 40.5. The number of carbonyl (C=O) groups is 3. The fraction of sp³-hybridized carbons (Fsp3) is 0.333. The normalized spacial score (nSPS) is 17.8. The van der Waals surface area contributed by atoms with Gasteiger partial charge in [0.25, 0.3) is 5.91 Å². The van der Waals surface area contributed by atoms with Crippen LogP contribution in [0.25, 0.3) is 11.2 Å². The number of methoxy groups -OCH3 is 2. The van der Waals surface area contributed by atoms with Gasteiger partial charge < -0.3 is 38.5 Å². The molecule has 1 aliphatic rings. The molecule has 0 saturated carbocycles. The zero-order valence-corrected chi connectivity index (χ0v) is 37.9. The van der Waals surface area contributed by atoms with Crippen LogP contribution in [0.4, 0.5) is 5.82 Å². The predicted octanol–water partition coefficient (Wildman–Crippen LogP) is 8.17. The zero-order chi connectivity index (χ0) is 45.6. The molecule has 0 spiro atoms. The molecule has 1 fully saturated rings. The second-order valence-electron chi connectivity index (χ2n) is 16.9. The largest absolute Gasteiger partial charge is 0.497 e. The van der Waals surface area contributed by atoms with Crippen LogP contribution in [-0.2, 0) is 33.8 Å². The molecule has 2 aromatic heterocycles. The van der Waals surface area contributed by atoms with Gasteiger partial charge in [-0.1, -0.05) is 93.6 Å². The number of carbonyl (C=O) groups excluding carboxylic acids is 2. The molecule has 0 radical (unpaired) electrons. The molecule has 16 heteroatoms. The second kappa shape index (κ2) is 19.1. The summed E-state index contributed by atoms with van der Waals surface area (Å²) in [5.74, 6) is -0.777. The number of amides is 1. The highest BCUT2D eigenvalue weighted by Gasteiger charge is 2.54. The summed E-state index contributed by atoms with van der Waals surface area (Å²) in [5, 5.41) is 12.1. The number of hydrogen-bond acceptors (Lipinski definition) is 12. The second-order valence-corrected chi connectivity index (χ2v) is 21.7. The highest BCUT2D eigenvalue weighted by Crippen LogP contribution is 2.46. The van der Waals surface area contributed by atoms with E-state index in [1.165, 1.54) is 12.7 Å². The van der Waals surface area contributed by atoms with Crippen LogP contribution < -0.4 is 14.8 Å². The molecule has 15 nitrogen and oxygen atoms in total. The molecular weight excluding hydrogens is 835 g/mol. The Labute approximate surface area is 372 Å². The maximum Gasteiger partial charge on any atom is 0.306 e. The maximum absolute atomic E-state index is 13.7. The van der Waals surface area contributed by atoms with Gasteiger partial charge in [-0.2, -0.15) is 0 Å². The number of benzene rings is 4. The maximum atomic E-state index is 13.7. The van der Waals surface area contributed by atoms with Crippen molar-refractivity contribution in [2.24, 2.45) is 0 Å². The molecule has 6 aromatic rings. The highest BCUT2D eigenvalue weighted by atomic mass is 28.4. The van der Waals surface area contributed by atoms with Crippen LogP contribution in [0, 0.1) is 0 Å². The Bertz CT molecular complexity index is 2500. The Kier molecular flexibility index (Phi) is 13.6. The van der Waals surface area contributed by atoms with Crippen molar-refractivity contribution >= 4 is 43.1 Å². The Morgan fingerprint density at radius 2 is 1.34 bits per heavy atom. The lowest BCUT2D eigenvalue weighted by Gasteiger charge is -2.40. The number of fused-ring (bicyclic) bond motifs is 1. The minimum Gasteiger partial charge on any atom is -0.497 e. The number of nitrogens with zero attached hydrogens (tertiary/aromatic N) is 4. The van der Waals surface area contributed by atoms with Crippen LogP contribution in [0.1, 0.15) is 66.9 Å². The molecule has 64 heavy (non-hydrogen) atoms. The highest BCUT2D eigenvalue weighted by molar-refractivity contribution is 6.74. The Hall–Kier alpha value is -6.46. The number of carboxylic acids is 1. The van der Waals surface area contributed by atoms with Gasteiger partial charge in [-0.25, -0.2) is 15.0 Å². The van der Waals surface area contributed by atoms with Gasteiger partial charge in [-0.05, 0) is 71.2 Å². The molecule has 2 N–H and O–H groups in total. The smallest absolute Gasteiger partial charge is 0.306 e. The number of aromatic nitrogens is 4. The van der Waals surface area contributed by atoms with E-state index in [9.17, 15) is 19.5 Å². The van der Waals surface area contributed by atoms with Crippen molar-refractivity contribution in [3.63, 3.8) is 0 Å². The molecule has 1 saturated heterocycles. The zero-order valence-electron chi connectivity index (χ0n) is 36.9. The van der Waals surface area contributed by atoms with E-state index in [1.807, 2.05) is 84.9 Å². The minimum absolute atomic E-state index is 0.155. The van der Waals surface area contributed by atoms with Gasteiger partial charge in [0.15, 0.2) is 37.6 Å². The van der Waals surface area contributed by atoms with Crippen LogP contribution in [-0.4, -0.2) is 89.9 Å². The molecule has 0 aliphatic carbocycles. The van der Waals surface area contributed by atoms with Crippen LogP contribution in [0.15, 0.2) is 122 Å². The molecule has 334 valence electrons. The van der Waals surface area contributed by atoms with Gasteiger partial charge >= 0.3 is 11.9 Å². The molecule has 4 atom stereocenters. The van der Waals surface area contributed by atoms with Gasteiger partial charge in [0.2, 0.25) is 0 Å². The quantitative estimate of drug-likeness (QED) is 0.0509. The Morgan fingerprint density at radius 1 is 0.766 bits per heavy atom. The molecule has 0 bridgehead atoms. The van der Waals surface area contributed by atoms with Crippen molar-refractivity contribution in [3.05, 3.63) is 144 Å². The third-order valence-corrected chi connectivity index (χ3v) is 16.3. The monoisotopic (exact) mass is 887 g/mol. The number of esters is 1. The van der Waals surface area contributed by atoms with Crippen LogP contribution in [0.2, 0.25) is 18.1 Å². The number of imidazole rings is 1. The van der Waals surface area contributed by atoms with Crippen molar-refractivity contribution in [1.29, 1.82) is 0 Å². The van der Waals surface area contributed by atoms with E-state index >= 15 is 0 Å². The molecule has 7 rings (SSSR count). The third kappa shape index (κ3) is 9.55. The average Bonchev–Trinajstić information content (AvgIpc) is 3.87. The van der Waals surface area contributed by atoms with E-state index in [-0.39, 0.29) is 29.8 Å². The number of nitrogens with one attached hydrogen (secondary N) is 1. The summed E-state index contributed by atoms with van der Waals surface area (Å²) in [5.41, 5.74) is 2.11. The summed E-state index contributed by atoms with van der Waals surface area (Å²) in [7, 11) is 0.494. The molecular formula is C48H53N5O10Si. The van der Waals surface area contributed by atoms with Crippen LogP contribution in [0.3, 0.4) is 0 Å². The van der Waals surface area contributed by atoms with Gasteiger partial charge in [0.1, 0.15) is 35.6 Å². The van der Waals surface area contributed by atoms with E-state index in [0.29, 0.717) is 28.2 Å². The molecule has 3 heterocycles. The number of ether oxygens (including phenoxy) is 5. The standard InChI is InChI=1S/C48H53N5O10Si/c1-47(2,3)64(6,7)63-42-41(62-39(56)27-26-38(54)55)37(61-46(42)53-30-51-40-43(49-29-50-44(40)53)52-45(57)31-14-10-8-11-15-31)28-60-48(32-16-12-9-13-17-32,33-18-22-35(58-4)23-19-33)34-20-24-36(59-5)25-21-34/h8-25,29-30,37,41-42,46H,26-28H2,1-7H3,(H,54,55)(H,49,50,52,57). The van der Waals surface area contributed by atoms with Crippen LogP contribution >= 0.6 is 0 Å². The Morgan fingerprint density at radius 3 is 1.91 bits per heavy atom. The lowest BCUT2D eigenvalue weighted by Crippen LogP contribution is -2.50. The van der Waals surface area contributed by atoms with Crippen molar-refractivity contribution in [2.45, 2.75) is 81.9 Å². The van der Waals surface area contributed by atoms with Gasteiger partial charge in [0.05, 0.1) is 40.0 Å². The van der Waals surface area contributed by atoms with Gasteiger partial charge in [-0.3, -0.25) is 19.0 Å². The minimum atomic E-state index is -2.71. The topological polar surface area (TPSA) is 182 Å². The molecule has 4 unspecified atom stereocenters. The predicted molar refractivity (Wildman–Crippen MR) is 241 cm³/mol. The summed E-state index contributed by atoms with van der Waals surface area (Å²) >= 11 is 0. The van der Waals surface area contributed by atoms with Crippen LogP contribution in [0.5, 0.6) is 11.5 Å². The van der Waals surface area contributed by atoms with Crippen molar-refractivity contribution < 1.29 is 47.6 Å². The summed E-state index contributed by atoms with van der Waals surface area (Å²) in [6.45, 7) is 10.3. The lowest BCUT2D eigenvalue weighted by molar-refractivity contribution is -0.160. The average molecular weight is 888 g/mol. The van der Waals surface area contributed by atoms with E-state index in [4.69, 9.17) is 28.1 Å². The first-order valence-corrected chi connectivity index (χ1v) is 23.8. The van der Waals surface area contributed by atoms with E-state index in [1.54, 1.807) is 43.1 Å². The summed E-state index contributed by atoms with van der Waals surface area (Å²) in [4.78, 5) is 52.2. The van der Waals surface area contributed by atoms with Crippen molar-refractivity contribution in [2.75, 3.05) is 26.1 Å². The van der Waals surface area contributed by atoms with Gasteiger partial charge in [-0.15, -0.1) is 0 Å². The SMILES string of the molecule is COc1ccc(C(OCC2OC(n3cnc4c(NC(=O)c5ccccc5)ncnc43)C(O[Si](C)(C)C(C)(C)C)C2OC(=O)CCC(=O)O)(c2ccccc2)c2ccc(OC)cc2)cc1. The molecule has 4 aromatic carbocycles.